The molecule has 4 rings (SSSR count). The Balaban J connectivity index is 1.56. The molecule has 0 bridgehead atoms. The number of carbonyl (C=O) groups excluding carboxylic acids is 2. The van der Waals surface area contributed by atoms with Crippen LogP contribution in [-0.2, 0) is 4.74 Å². The molecular weight excluding hydrogens is 394 g/mol. The molecule has 0 saturated heterocycles. The second-order valence-corrected chi connectivity index (χ2v) is 7.63. The highest BCUT2D eigenvalue weighted by Crippen LogP contribution is 2.24. The van der Waals surface area contributed by atoms with E-state index in [0.717, 1.165) is 22.2 Å². The number of benzene rings is 1. The van der Waals surface area contributed by atoms with Gasteiger partial charge in [-0.15, -0.1) is 0 Å². The molecule has 0 aliphatic heterocycles. The van der Waals surface area contributed by atoms with Crippen LogP contribution in [0.4, 0.5) is 0 Å². The van der Waals surface area contributed by atoms with E-state index in [4.69, 9.17) is 9.26 Å². The first kappa shape index (κ1) is 20.5. The zero-order valence-electron chi connectivity index (χ0n) is 18.1. The topological polar surface area (TPSA) is 87.2 Å². The molecule has 0 atom stereocenters. The van der Waals surface area contributed by atoms with Crippen LogP contribution >= 0.6 is 0 Å². The van der Waals surface area contributed by atoms with Crippen molar-refractivity contribution in [2.45, 2.75) is 34.6 Å². The monoisotopic (exact) mass is 417 g/mol. The lowest BCUT2D eigenvalue weighted by Gasteiger charge is -2.12. The second-order valence-electron chi connectivity index (χ2n) is 7.63. The van der Waals surface area contributed by atoms with E-state index < -0.39 is 5.97 Å². The number of hydrogen-bond donors (Lipinski definition) is 0. The van der Waals surface area contributed by atoms with Gasteiger partial charge in [-0.05, 0) is 52.3 Å². The summed E-state index contributed by atoms with van der Waals surface area (Å²) in [4.78, 5) is 30.1. The van der Waals surface area contributed by atoms with Gasteiger partial charge in [0.15, 0.2) is 12.4 Å². The van der Waals surface area contributed by atoms with Gasteiger partial charge in [0.2, 0.25) is 5.78 Å². The Kier molecular flexibility index (Phi) is 5.19. The number of nitrogens with zero attached hydrogens (tertiary/aromatic N) is 3. The summed E-state index contributed by atoms with van der Waals surface area (Å²) in [5, 5.41) is 4.91. The molecule has 0 radical (unpaired) electrons. The number of ketones is 1. The first-order valence-corrected chi connectivity index (χ1v) is 9.96. The van der Waals surface area contributed by atoms with Crippen molar-refractivity contribution in [2.24, 2.45) is 0 Å². The number of esters is 1. The van der Waals surface area contributed by atoms with Crippen LogP contribution in [0.5, 0.6) is 0 Å². The quantitative estimate of drug-likeness (QED) is 0.348. The first-order chi connectivity index (χ1) is 14.8. The van der Waals surface area contributed by atoms with Gasteiger partial charge in [0.25, 0.3) is 0 Å². The molecule has 0 N–H and O–H groups in total. The predicted molar refractivity (Wildman–Crippen MR) is 116 cm³/mol. The smallest absolute Gasteiger partial charge is 0.340 e. The Labute approximate surface area is 179 Å². The van der Waals surface area contributed by atoms with E-state index >= 15 is 0 Å². The molecule has 0 unspecified atom stereocenters. The van der Waals surface area contributed by atoms with Crippen molar-refractivity contribution in [3.05, 3.63) is 75.9 Å². The number of Topliss-reactive ketones (excluding diaryl/α,β-unsaturated/α-hetero) is 1. The SMILES string of the molecule is Cc1cc(-n2c(C)cc(C(=O)COC(=O)c3c(C)nc4ccccc4c3C)c2C)no1. The van der Waals surface area contributed by atoms with Crippen LogP contribution in [0.2, 0.25) is 0 Å². The van der Waals surface area contributed by atoms with E-state index in [0.29, 0.717) is 34.1 Å². The molecule has 158 valence electrons. The summed E-state index contributed by atoms with van der Waals surface area (Å²) in [6, 6.07) is 11.2. The van der Waals surface area contributed by atoms with Crippen molar-refractivity contribution in [3.8, 4) is 5.82 Å². The molecule has 1 aromatic carbocycles. The van der Waals surface area contributed by atoms with Crippen LogP contribution in [-0.4, -0.2) is 33.1 Å². The van der Waals surface area contributed by atoms with Crippen LogP contribution in [0.3, 0.4) is 0 Å². The van der Waals surface area contributed by atoms with E-state index in [1.54, 1.807) is 19.1 Å². The van der Waals surface area contributed by atoms with Crippen LogP contribution < -0.4 is 0 Å². The molecule has 4 aromatic rings. The minimum absolute atomic E-state index is 0.281. The average Bonchev–Trinajstić information content (AvgIpc) is 3.28. The van der Waals surface area contributed by atoms with Gasteiger partial charge in [0.05, 0.1) is 16.8 Å². The number of hydrogen-bond acceptors (Lipinski definition) is 6. The zero-order valence-corrected chi connectivity index (χ0v) is 18.1. The van der Waals surface area contributed by atoms with Gasteiger partial charge >= 0.3 is 5.97 Å². The number of aromatic nitrogens is 3. The molecule has 0 spiro atoms. The van der Waals surface area contributed by atoms with Gasteiger partial charge in [-0.25, -0.2) is 4.79 Å². The Hall–Kier alpha value is -3.74. The molecule has 3 heterocycles. The Morgan fingerprint density at radius 2 is 1.81 bits per heavy atom. The molecule has 7 heteroatoms. The fourth-order valence-corrected chi connectivity index (χ4v) is 3.97. The van der Waals surface area contributed by atoms with Gasteiger partial charge in [-0.2, -0.15) is 0 Å². The average molecular weight is 417 g/mol. The largest absolute Gasteiger partial charge is 0.454 e. The van der Waals surface area contributed by atoms with Crippen molar-refractivity contribution < 1.29 is 18.8 Å². The lowest BCUT2D eigenvalue weighted by molar-refractivity contribution is 0.0472. The van der Waals surface area contributed by atoms with Gasteiger partial charge < -0.3 is 9.26 Å². The van der Waals surface area contributed by atoms with E-state index in [2.05, 4.69) is 10.1 Å². The maximum absolute atomic E-state index is 12.8. The minimum Gasteiger partial charge on any atom is -0.454 e. The molecule has 0 aliphatic carbocycles. The molecule has 31 heavy (non-hydrogen) atoms. The highest BCUT2D eigenvalue weighted by molar-refractivity contribution is 6.02. The highest BCUT2D eigenvalue weighted by Gasteiger charge is 2.22. The fourth-order valence-electron chi connectivity index (χ4n) is 3.97. The van der Waals surface area contributed by atoms with E-state index in [1.165, 1.54) is 0 Å². The summed E-state index contributed by atoms with van der Waals surface area (Å²) >= 11 is 0. The lowest BCUT2D eigenvalue weighted by atomic mass is 10.0. The van der Waals surface area contributed by atoms with Crippen LogP contribution in [0.25, 0.3) is 16.7 Å². The number of rotatable bonds is 5. The Morgan fingerprint density at radius 1 is 1.06 bits per heavy atom. The standard InChI is InChI=1S/C24H23N3O4/c1-13-10-19(17(5)27(13)22-11-14(2)31-26-22)21(28)12-30-24(29)23-15(3)18-8-6-7-9-20(18)25-16(23)4/h6-11H,12H2,1-5H3. The Bertz CT molecular complexity index is 1330. The normalized spacial score (nSPS) is 11.1. The lowest BCUT2D eigenvalue weighted by Crippen LogP contribution is -2.17. The van der Waals surface area contributed by atoms with E-state index in [1.807, 2.05) is 56.5 Å². The summed E-state index contributed by atoms with van der Waals surface area (Å²) in [5.74, 6) is 0.454. The molecule has 0 saturated carbocycles. The van der Waals surface area contributed by atoms with Crippen molar-refractivity contribution >= 4 is 22.7 Å². The fraction of sp³-hybridized carbons (Fsp3) is 0.250. The molecule has 7 nitrogen and oxygen atoms in total. The molecule has 0 aliphatic rings. The number of fused-ring (bicyclic) bond motifs is 1. The van der Waals surface area contributed by atoms with E-state index in [9.17, 15) is 9.59 Å². The first-order valence-electron chi connectivity index (χ1n) is 9.96. The third kappa shape index (κ3) is 3.63. The molecular formula is C24H23N3O4. The van der Waals surface area contributed by atoms with Crippen molar-refractivity contribution in [1.29, 1.82) is 0 Å². The third-order valence-corrected chi connectivity index (χ3v) is 5.45. The van der Waals surface area contributed by atoms with E-state index in [-0.39, 0.29) is 12.4 Å². The second kappa shape index (κ2) is 7.83. The van der Waals surface area contributed by atoms with Gasteiger partial charge in [-0.1, -0.05) is 23.4 Å². The van der Waals surface area contributed by atoms with Crippen molar-refractivity contribution in [3.63, 3.8) is 0 Å². The number of ether oxygens (including phenoxy) is 1. The molecule has 0 amide bonds. The summed E-state index contributed by atoms with van der Waals surface area (Å²) in [7, 11) is 0. The maximum atomic E-state index is 12.8. The minimum atomic E-state index is -0.553. The summed E-state index contributed by atoms with van der Waals surface area (Å²) < 4.78 is 12.4. The summed E-state index contributed by atoms with van der Waals surface area (Å²) in [5.41, 5.74) is 4.62. The third-order valence-electron chi connectivity index (χ3n) is 5.45. The van der Waals surface area contributed by atoms with Crippen molar-refractivity contribution in [1.82, 2.24) is 14.7 Å². The zero-order chi connectivity index (χ0) is 22.3. The summed E-state index contributed by atoms with van der Waals surface area (Å²) in [6.45, 7) is 8.80. The van der Waals surface area contributed by atoms with Gasteiger partial charge in [0, 0.05) is 28.4 Å². The summed E-state index contributed by atoms with van der Waals surface area (Å²) in [6.07, 6.45) is 0. The number of carbonyl (C=O) groups is 2. The maximum Gasteiger partial charge on any atom is 0.340 e. The van der Waals surface area contributed by atoms with Crippen LogP contribution in [0.1, 0.15) is 49.1 Å². The molecule has 3 aromatic heterocycles. The van der Waals surface area contributed by atoms with Crippen molar-refractivity contribution in [2.75, 3.05) is 6.61 Å². The number of aryl methyl sites for hydroxylation is 4. The number of pyridine rings is 1. The predicted octanol–water partition coefficient (Wildman–Crippen LogP) is 4.60. The highest BCUT2D eigenvalue weighted by atomic mass is 16.5. The van der Waals surface area contributed by atoms with Crippen LogP contribution in [0, 0.1) is 34.6 Å². The number of para-hydroxylation sites is 1. The van der Waals surface area contributed by atoms with Gasteiger partial charge in [-0.3, -0.25) is 14.3 Å². The van der Waals surface area contributed by atoms with Crippen LogP contribution in [0.15, 0.2) is 40.9 Å². The molecule has 0 fully saturated rings. The Morgan fingerprint density at radius 3 is 2.52 bits per heavy atom. The van der Waals surface area contributed by atoms with Gasteiger partial charge in [0.1, 0.15) is 5.76 Å².